The van der Waals surface area contributed by atoms with Gasteiger partial charge in [0.2, 0.25) is 0 Å². The van der Waals surface area contributed by atoms with E-state index in [9.17, 15) is 17.6 Å². The monoisotopic (exact) mass is 224 g/mol. The standard InChI is InChI=1S/C4H5BrF4O/c1-3(6,7)4(8,9)10-2-5/h2H2,1H3. The summed E-state index contributed by atoms with van der Waals surface area (Å²) in [6.45, 7) is 0.0929. The highest BCUT2D eigenvalue weighted by Crippen LogP contribution is 2.34. The van der Waals surface area contributed by atoms with Gasteiger partial charge in [-0.3, -0.25) is 0 Å². The van der Waals surface area contributed by atoms with E-state index in [4.69, 9.17) is 0 Å². The van der Waals surface area contributed by atoms with Gasteiger partial charge in [0, 0.05) is 6.92 Å². The van der Waals surface area contributed by atoms with Crippen molar-refractivity contribution in [3.63, 3.8) is 0 Å². The van der Waals surface area contributed by atoms with Crippen molar-refractivity contribution in [2.24, 2.45) is 0 Å². The molecule has 0 aromatic rings. The van der Waals surface area contributed by atoms with E-state index in [1.54, 1.807) is 0 Å². The van der Waals surface area contributed by atoms with Crippen molar-refractivity contribution in [3.05, 3.63) is 0 Å². The molecule has 0 aromatic carbocycles. The maximum atomic E-state index is 11.9. The molecule has 0 heterocycles. The molecule has 10 heavy (non-hydrogen) atoms. The van der Waals surface area contributed by atoms with Gasteiger partial charge >= 0.3 is 12.0 Å². The lowest BCUT2D eigenvalue weighted by Crippen LogP contribution is -2.39. The van der Waals surface area contributed by atoms with E-state index in [0.717, 1.165) is 0 Å². The van der Waals surface area contributed by atoms with Gasteiger partial charge in [0.05, 0.1) is 0 Å². The highest BCUT2D eigenvalue weighted by molar-refractivity contribution is 9.09. The lowest BCUT2D eigenvalue weighted by molar-refractivity contribution is -0.333. The SMILES string of the molecule is CC(F)(F)C(F)(F)OCBr. The van der Waals surface area contributed by atoms with E-state index < -0.39 is 17.5 Å². The fourth-order valence-electron chi connectivity index (χ4n) is 0.195. The summed E-state index contributed by atoms with van der Waals surface area (Å²) in [5, 5.41) is 0. The molecule has 0 aliphatic rings. The van der Waals surface area contributed by atoms with Crippen LogP contribution < -0.4 is 0 Å². The smallest absolute Gasteiger partial charge is 0.304 e. The van der Waals surface area contributed by atoms with Crippen molar-refractivity contribution in [1.82, 2.24) is 0 Å². The van der Waals surface area contributed by atoms with Gasteiger partial charge in [0.1, 0.15) is 5.52 Å². The van der Waals surface area contributed by atoms with Crippen LogP contribution in [0.15, 0.2) is 0 Å². The molecule has 0 aliphatic carbocycles. The molecule has 0 saturated heterocycles. The molecule has 0 unspecified atom stereocenters. The average molecular weight is 225 g/mol. The Kier molecular flexibility index (Phi) is 3.09. The summed E-state index contributed by atoms with van der Waals surface area (Å²) in [7, 11) is 0. The molecule has 62 valence electrons. The second kappa shape index (κ2) is 3.04. The Morgan fingerprint density at radius 3 is 1.80 bits per heavy atom. The van der Waals surface area contributed by atoms with E-state index in [0.29, 0.717) is 0 Å². The Hall–Kier alpha value is 0.160. The first-order valence-electron chi connectivity index (χ1n) is 2.27. The number of ether oxygens (including phenoxy) is 1. The van der Waals surface area contributed by atoms with Gasteiger partial charge in [-0.15, -0.1) is 0 Å². The highest BCUT2D eigenvalue weighted by Gasteiger charge is 2.53. The lowest BCUT2D eigenvalue weighted by atomic mass is 10.4. The molecule has 0 N–H and O–H groups in total. The molecular weight excluding hydrogens is 220 g/mol. The van der Waals surface area contributed by atoms with Gasteiger partial charge in [-0.05, 0) is 0 Å². The molecule has 0 aromatic heterocycles. The van der Waals surface area contributed by atoms with Gasteiger partial charge < -0.3 is 4.74 Å². The quantitative estimate of drug-likeness (QED) is 0.529. The fourth-order valence-corrected chi connectivity index (χ4v) is 0.483. The Bertz CT molecular complexity index is 110. The predicted molar refractivity (Wildman–Crippen MR) is 30.4 cm³/mol. The summed E-state index contributed by atoms with van der Waals surface area (Å²) in [4.78, 5) is 0. The first-order chi connectivity index (χ1) is 4.31. The zero-order valence-electron chi connectivity index (χ0n) is 5.01. The van der Waals surface area contributed by atoms with Crippen molar-refractivity contribution < 1.29 is 22.3 Å². The molecule has 0 amide bonds. The van der Waals surface area contributed by atoms with Crippen molar-refractivity contribution >= 4 is 15.9 Å². The Labute approximate surface area is 63.5 Å². The van der Waals surface area contributed by atoms with Crippen molar-refractivity contribution in [2.45, 2.75) is 19.0 Å². The van der Waals surface area contributed by atoms with Crippen LogP contribution in [-0.4, -0.2) is 17.5 Å². The Balaban J connectivity index is 4.10. The second-order valence-electron chi connectivity index (χ2n) is 1.66. The second-order valence-corrected chi connectivity index (χ2v) is 2.12. The van der Waals surface area contributed by atoms with Crippen LogP contribution in [0.1, 0.15) is 6.92 Å². The molecule has 0 fully saturated rings. The van der Waals surface area contributed by atoms with Gasteiger partial charge in [-0.1, -0.05) is 15.9 Å². The molecule has 0 atom stereocenters. The molecule has 1 nitrogen and oxygen atoms in total. The third-order valence-electron chi connectivity index (χ3n) is 0.747. The van der Waals surface area contributed by atoms with Crippen LogP contribution in [0.4, 0.5) is 17.6 Å². The first-order valence-corrected chi connectivity index (χ1v) is 3.39. The Morgan fingerprint density at radius 1 is 1.30 bits per heavy atom. The summed E-state index contributed by atoms with van der Waals surface area (Å²) in [6.07, 6.45) is -4.39. The van der Waals surface area contributed by atoms with E-state index in [1.165, 1.54) is 0 Å². The number of alkyl halides is 5. The molecule has 0 aliphatic heterocycles. The predicted octanol–water partition coefficient (Wildman–Crippen LogP) is 2.60. The first kappa shape index (κ1) is 10.2. The molecule has 6 heteroatoms. The topological polar surface area (TPSA) is 9.23 Å². The molecule has 0 saturated carbocycles. The summed E-state index contributed by atoms with van der Waals surface area (Å²) in [5.41, 5.74) is -0.622. The van der Waals surface area contributed by atoms with Crippen LogP contribution in [0, 0.1) is 0 Å². The van der Waals surface area contributed by atoms with Gasteiger partial charge in [0.25, 0.3) is 0 Å². The van der Waals surface area contributed by atoms with Gasteiger partial charge in [-0.25, -0.2) is 0 Å². The van der Waals surface area contributed by atoms with E-state index in [-0.39, 0.29) is 6.92 Å². The van der Waals surface area contributed by atoms with Crippen LogP contribution in [0.3, 0.4) is 0 Å². The molecule has 0 rings (SSSR count). The largest absolute Gasteiger partial charge is 0.419 e. The lowest BCUT2D eigenvalue weighted by Gasteiger charge is -2.21. The van der Waals surface area contributed by atoms with E-state index >= 15 is 0 Å². The normalized spacial score (nSPS) is 13.8. The fraction of sp³-hybridized carbons (Fsp3) is 1.00. The summed E-state index contributed by atoms with van der Waals surface area (Å²) in [5.74, 6) is -4.14. The van der Waals surface area contributed by atoms with Gasteiger partial charge in [-0.2, -0.15) is 17.6 Å². The summed E-state index contributed by atoms with van der Waals surface area (Å²) in [6, 6.07) is 0. The third kappa shape index (κ3) is 2.42. The minimum Gasteiger partial charge on any atom is -0.304 e. The van der Waals surface area contributed by atoms with Crippen molar-refractivity contribution in [1.29, 1.82) is 0 Å². The summed E-state index contributed by atoms with van der Waals surface area (Å²) >= 11 is 2.44. The molecule has 0 spiro atoms. The highest BCUT2D eigenvalue weighted by atomic mass is 79.9. The minimum atomic E-state index is -4.39. The van der Waals surface area contributed by atoms with E-state index in [2.05, 4.69) is 20.7 Å². The number of hydrogen-bond acceptors (Lipinski definition) is 1. The van der Waals surface area contributed by atoms with Crippen LogP contribution in [0.25, 0.3) is 0 Å². The minimum absolute atomic E-state index is 0.0929. The molecule has 0 radical (unpaired) electrons. The third-order valence-corrected chi connectivity index (χ3v) is 0.976. The van der Waals surface area contributed by atoms with Crippen molar-refractivity contribution in [3.8, 4) is 0 Å². The van der Waals surface area contributed by atoms with Crippen LogP contribution in [-0.2, 0) is 4.74 Å². The van der Waals surface area contributed by atoms with Crippen molar-refractivity contribution in [2.75, 3.05) is 5.52 Å². The van der Waals surface area contributed by atoms with Crippen LogP contribution >= 0.6 is 15.9 Å². The molecule has 0 bridgehead atoms. The molecular formula is C4H5BrF4O. The van der Waals surface area contributed by atoms with Crippen LogP contribution in [0.2, 0.25) is 0 Å². The zero-order valence-corrected chi connectivity index (χ0v) is 6.59. The number of halogens is 5. The maximum absolute atomic E-state index is 11.9. The number of rotatable bonds is 3. The zero-order chi connectivity index (χ0) is 8.41. The maximum Gasteiger partial charge on any atom is 0.419 e. The van der Waals surface area contributed by atoms with E-state index in [1.807, 2.05) is 0 Å². The Morgan fingerprint density at radius 2 is 1.70 bits per heavy atom. The number of hydrogen-bond donors (Lipinski definition) is 0. The van der Waals surface area contributed by atoms with Gasteiger partial charge in [0.15, 0.2) is 0 Å². The summed E-state index contributed by atoms with van der Waals surface area (Å²) < 4.78 is 50.9. The van der Waals surface area contributed by atoms with Crippen LogP contribution in [0.5, 0.6) is 0 Å². The average Bonchev–Trinajstić information content (AvgIpc) is 1.61.